The first-order chi connectivity index (χ1) is 10.3. The second-order valence-corrected chi connectivity index (χ2v) is 4.90. The van der Waals surface area contributed by atoms with Crippen molar-refractivity contribution in [2.45, 2.75) is 6.92 Å². The summed E-state index contributed by atoms with van der Waals surface area (Å²) in [6, 6.07) is 21.7. The summed E-state index contributed by atoms with van der Waals surface area (Å²) in [4.78, 5) is 16.1. The predicted octanol–water partition coefficient (Wildman–Crippen LogP) is 4.62. The average molecular weight is 273 g/mol. The van der Waals surface area contributed by atoms with E-state index in [1.54, 1.807) is 13.1 Å². The van der Waals surface area contributed by atoms with Crippen LogP contribution in [0.25, 0.3) is 22.4 Å². The molecule has 0 aliphatic heterocycles. The monoisotopic (exact) mass is 273 g/mol. The fourth-order valence-electron chi connectivity index (χ4n) is 2.37. The van der Waals surface area contributed by atoms with Crippen molar-refractivity contribution in [1.82, 2.24) is 4.98 Å². The zero-order valence-electron chi connectivity index (χ0n) is 11.8. The molecule has 0 unspecified atom stereocenters. The third kappa shape index (κ3) is 2.75. The molecule has 0 fully saturated rings. The van der Waals surface area contributed by atoms with Gasteiger partial charge in [-0.05, 0) is 36.2 Å². The molecule has 0 amide bonds. The van der Waals surface area contributed by atoms with E-state index in [0.717, 1.165) is 22.4 Å². The maximum Gasteiger partial charge on any atom is 0.159 e. The molecule has 0 atom stereocenters. The van der Waals surface area contributed by atoms with Gasteiger partial charge in [-0.15, -0.1) is 0 Å². The summed E-state index contributed by atoms with van der Waals surface area (Å²) in [7, 11) is 0. The van der Waals surface area contributed by atoms with Gasteiger partial charge in [0, 0.05) is 17.3 Å². The van der Waals surface area contributed by atoms with E-state index in [0.29, 0.717) is 5.56 Å². The molecule has 1 heterocycles. The Balaban J connectivity index is 2.23. The van der Waals surface area contributed by atoms with Crippen LogP contribution >= 0.6 is 0 Å². The van der Waals surface area contributed by atoms with Gasteiger partial charge in [-0.25, -0.2) is 0 Å². The smallest absolute Gasteiger partial charge is 0.159 e. The van der Waals surface area contributed by atoms with Crippen molar-refractivity contribution in [3.8, 4) is 22.4 Å². The third-order valence-electron chi connectivity index (χ3n) is 3.45. The number of carbonyl (C=O) groups is 1. The van der Waals surface area contributed by atoms with Crippen LogP contribution in [0.15, 0.2) is 72.9 Å². The summed E-state index contributed by atoms with van der Waals surface area (Å²) >= 11 is 0. The molecule has 2 nitrogen and oxygen atoms in total. The van der Waals surface area contributed by atoms with Crippen LogP contribution in [0.1, 0.15) is 17.3 Å². The van der Waals surface area contributed by atoms with Gasteiger partial charge in [0.05, 0.1) is 5.69 Å². The summed E-state index contributed by atoms with van der Waals surface area (Å²) in [6.45, 7) is 1.58. The third-order valence-corrected chi connectivity index (χ3v) is 3.45. The van der Waals surface area contributed by atoms with E-state index in [9.17, 15) is 4.79 Å². The number of hydrogen-bond acceptors (Lipinski definition) is 2. The second-order valence-electron chi connectivity index (χ2n) is 4.90. The molecule has 2 aromatic carbocycles. The van der Waals surface area contributed by atoms with E-state index >= 15 is 0 Å². The van der Waals surface area contributed by atoms with Crippen LogP contribution in [0.2, 0.25) is 0 Å². The number of benzene rings is 2. The Labute approximate surface area is 124 Å². The second kappa shape index (κ2) is 5.71. The summed E-state index contributed by atoms with van der Waals surface area (Å²) in [6.07, 6.45) is 1.77. The quantitative estimate of drug-likeness (QED) is 0.652. The highest BCUT2D eigenvalue weighted by atomic mass is 16.1. The zero-order chi connectivity index (χ0) is 14.7. The fourth-order valence-corrected chi connectivity index (χ4v) is 2.37. The lowest BCUT2D eigenvalue weighted by Gasteiger charge is -2.11. The number of aromatic nitrogens is 1. The molecule has 0 radical (unpaired) electrons. The van der Waals surface area contributed by atoms with Gasteiger partial charge in [0.2, 0.25) is 0 Å². The molecule has 102 valence electrons. The summed E-state index contributed by atoms with van der Waals surface area (Å²) in [5.41, 5.74) is 4.76. The van der Waals surface area contributed by atoms with Gasteiger partial charge in [0.25, 0.3) is 0 Å². The standard InChI is InChI=1S/C19H15NO/c1-14(21)16-10-11-17(15-7-3-2-4-8-15)18(13-16)19-9-5-6-12-20-19/h2-13H,1H3. The van der Waals surface area contributed by atoms with Crippen LogP contribution in [0.5, 0.6) is 0 Å². The molecule has 0 aliphatic rings. The summed E-state index contributed by atoms with van der Waals surface area (Å²) in [5.74, 6) is 0.0618. The van der Waals surface area contributed by atoms with Crippen molar-refractivity contribution in [3.63, 3.8) is 0 Å². The van der Waals surface area contributed by atoms with Gasteiger partial charge in [-0.3, -0.25) is 9.78 Å². The first-order valence-corrected chi connectivity index (χ1v) is 6.87. The Kier molecular flexibility index (Phi) is 3.61. The molecule has 1 aromatic heterocycles. The Morgan fingerprint density at radius 2 is 1.62 bits per heavy atom. The lowest BCUT2D eigenvalue weighted by Crippen LogP contribution is -1.95. The lowest BCUT2D eigenvalue weighted by molar-refractivity contribution is 0.101. The molecule has 0 N–H and O–H groups in total. The van der Waals surface area contributed by atoms with Crippen molar-refractivity contribution < 1.29 is 4.79 Å². The lowest BCUT2D eigenvalue weighted by atomic mass is 9.94. The first kappa shape index (κ1) is 13.3. The first-order valence-electron chi connectivity index (χ1n) is 6.87. The predicted molar refractivity (Wildman–Crippen MR) is 85.1 cm³/mol. The van der Waals surface area contributed by atoms with E-state index in [-0.39, 0.29) is 5.78 Å². The highest BCUT2D eigenvalue weighted by molar-refractivity contribution is 5.97. The van der Waals surface area contributed by atoms with Gasteiger partial charge >= 0.3 is 0 Å². The Morgan fingerprint density at radius 3 is 2.29 bits per heavy atom. The maximum atomic E-state index is 11.7. The van der Waals surface area contributed by atoms with Gasteiger partial charge in [0.15, 0.2) is 5.78 Å². The number of rotatable bonds is 3. The van der Waals surface area contributed by atoms with Crippen LogP contribution in [0.3, 0.4) is 0 Å². The van der Waals surface area contributed by atoms with Crippen LogP contribution < -0.4 is 0 Å². The van der Waals surface area contributed by atoms with E-state index in [2.05, 4.69) is 17.1 Å². The minimum absolute atomic E-state index is 0.0618. The largest absolute Gasteiger partial charge is 0.295 e. The number of nitrogens with zero attached hydrogens (tertiary/aromatic N) is 1. The Bertz CT molecular complexity index is 764. The minimum atomic E-state index is 0.0618. The molecule has 0 aliphatic carbocycles. The van der Waals surface area contributed by atoms with Crippen molar-refractivity contribution in [3.05, 3.63) is 78.5 Å². The van der Waals surface area contributed by atoms with Crippen molar-refractivity contribution in [2.75, 3.05) is 0 Å². The van der Waals surface area contributed by atoms with Crippen molar-refractivity contribution >= 4 is 5.78 Å². The molecular weight excluding hydrogens is 258 g/mol. The van der Waals surface area contributed by atoms with Crippen LogP contribution in [-0.4, -0.2) is 10.8 Å². The van der Waals surface area contributed by atoms with Gasteiger partial charge in [-0.1, -0.05) is 48.5 Å². The van der Waals surface area contributed by atoms with Crippen LogP contribution in [-0.2, 0) is 0 Å². The topological polar surface area (TPSA) is 30.0 Å². The molecule has 21 heavy (non-hydrogen) atoms. The molecule has 3 rings (SSSR count). The maximum absolute atomic E-state index is 11.7. The van der Waals surface area contributed by atoms with Crippen molar-refractivity contribution in [2.24, 2.45) is 0 Å². The number of Topliss-reactive ketones (excluding diaryl/α,β-unsaturated/α-hetero) is 1. The average Bonchev–Trinajstić information content (AvgIpc) is 2.56. The van der Waals surface area contributed by atoms with E-state index in [1.807, 2.05) is 54.6 Å². The number of pyridine rings is 1. The molecule has 0 spiro atoms. The van der Waals surface area contributed by atoms with E-state index in [1.165, 1.54) is 0 Å². The van der Waals surface area contributed by atoms with E-state index in [4.69, 9.17) is 0 Å². The SMILES string of the molecule is CC(=O)c1ccc(-c2ccccc2)c(-c2ccccn2)c1. The number of ketones is 1. The molecule has 0 bridgehead atoms. The molecule has 3 aromatic rings. The normalized spacial score (nSPS) is 10.3. The molecule has 0 saturated heterocycles. The zero-order valence-corrected chi connectivity index (χ0v) is 11.8. The summed E-state index contributed by atoms with van der Waals surface area (Å²) in [5, 5.41) is 0. The Hall–Kier alpha value is -2.74. The minimum Gasteiger partial charge on any atom is -0.295 e. The molecular formula is C19H15NO. The highest BCUT2D eigenvalue weighted by Gasteiger charge is 2.11. The summed E-state index contributed by atoms with van der Waals surface area (Å²) < 4.78 is 0. The van der Waals surface area contributed by atoms with Crippen LogP contribution in [0.4, 0.5) is 0 Å². The van der Waals surface area contributed by atoms with Crippen LogP contribution in [0, 0.1) is 0 Å². The van der Waals surface area contributed by atoms with Gasteiger partial charge < -0.3 is 0 Å². The number of carbonyl (C=O) groups excluding carboxylic acids is 1. The van der Waals surface area contributed by atoms with Gasteiger partial charge in [-0.2, -0.15) is 0 Å². The Morgan fingerprint density at radius 1 is 0.857 bits per heavy atom. The molecule has 2 heteroatoms. The van der Waals surface area contributed by atoms with Crippen molar-refractivity contribution in [1.29, 1.82) is 0 Å². The van der Waals surface area contributed by atoms with E-state index < -0.39 is 0 Å². The fraction of sp³-hybridized carbons (Fsp3) is 0.0526. The van der Waals surface area contributed by atoms with Gasteiger partial charge in [0.1, 0.15) is 0 Å². The molecule has 0 saturated carbocycles. The highest BCUT2D eigenvalue weighted by Crippen LogP contribution is 2.31. The number of hydrogen-bond donors (Lipinski definition) is 0.